The Hall–Kier alpha value is -1.42. The molecule has 0 fully saturated rings. The first-order valence-electron chi connectivity index (χ1n) is 6.35. The number of imidazole rings is 1. The Balaban J connectivity index is 1.80. The summed E-state index contributed by atoms with van der Waals surface area (Å²) >= 11 is 1.68. The zero-order valence-corrected chi connectivity index (χ0v) is 11.3. The summed E-state index contributed by atoms with van der Waals surface area (Å²) in [6, 6.07) is 2.10. The summed E-state index contributed by atoms with van der Waals surface area (Å²) in [4.78, 5) is 18.8. The molecule has 0 radical (unpaired) electrons. The van der Waals surface area contributed by atoms with Crippen LogP contribution in [0.4, 0.5) is 0 Å². The van der Waals surface area contributed by atoms with E-state index in [-0.39, 0.29) is 5.78 Å². The average Bonchev–Trinajstić information content (AvgIpc) is 2.96. The Labute approximate surface area is 110 Å². The van der Waals surface area contributed by atoms with Crippen molar-refractivity contribution in [3.05, 3.63) is 39.6 Å². The monoisotopic (exact) mass is 260 g/mol. The highest BCUT2D eigenvalue weighted by Crippen LogP contribution is 2.30. The predicted octanol–water partition coefficient (Wildman–Crippen LogP) is 2.79. The first-order valence-corrected chi connectivity index (χ1v) is 7.16. The molecule has 2 aromatic heterocycles. The predicted molar refractivity (Wildman–Crippen MR) is 72.2 cm³/mol. The Morgan fingerprint density at radius 1 is 1.44 bits per heavy atom. The molecular formula is C14H16N2OS. The van der Waals surface area contributed by atoms with Crippen molar-refractivity contribution < 1.29 is 4.79 Å². The number of Topliss-reactive ketones (excluding diaryl/α,β-unsaturated/α-hetero) is 1. The van der Waals surface area contributed by atoms with Crippen LogP contribution >= 0.6 is 11.3 Å². The first-order chi connectivity index (χ1) is 8.74. The minimum absolute atomic E-state index is 0.198. The third kappa shape index (κ3) is 2.12. The molecule has 18 heavy (non-hydrogen) atoms. The number of rotatable bonds is 3. The van der Waals surface area contributed by atoms with E-state index in [9.17, 15) is 4.79 Å². The molecule has 3 nitrogen and oxygen atoms in total. The summed E-state index contributed by atoms with van der Waals surface area (Å²) in [6.07, 6.45) is 8.83. The molecule has 1 aliphatic carbocycles. The van der Waals surface area contributed by atoms with E-state index in [0.29, 0.717) is 6.42 Å². The van der Waals surface area contributed by atoms with Crippen molar-refractivity contribution in [3.63, 3.8) is 0 Å². The lowest BCUT2D eigenvalue weighted by molar-refractivity contribution is 0.0994. The molecule has 0 spiro atoms. The van der Waals surface area contributed by atoms with E-state index in [0.717, 1.165) is 23.5 Å². The molecule has 3 rings (SSSR count). The maximum Gasteiger partial charge on any atom is 0.180 e. The van der Waals surface area contributed by atoms with Crippen molar-refractivity contribution in [1.29, 1.82) is 0 Å². The molecule has 0 aliphatic heterocycles. The van der Waals surface area contributed by atoms with Gasteiger partial charge in [-0.15, -0.1) is 11.3 Å². The smallest absolute Gasteiger partial charge is 0.180 e. The third-order valence-electron chi connectivity index (χ3n) is 3.51. The van der Waals surface area contributed by atoms with E-state index in [1.165, 1.54) is 23.3 Å². The molecule has 1 aliphatic rings. The number of thiophene rings is 1. The highest BCUT2D eigenvalue weighted by Gasteiger charge is 2.18. The molecule has 4 heteroatoms. The summed E-state index contributed by atoms with van der Waals surface area (Å²) in [6.45, 7) is 0. The number of hydrogen-bond donors (Lipinski definition) is 0. The number of carbonyl (C=O) groups is 1. The number of carbonyl (C=O) groups excluding carboxylic acids is 1. The lowest BCUT2D eigenvalue weighted by Crippen LogP contribution is -2.06. The van der Waals surface area contributed by atoms with Gasteiger partial charge in [0, 0.05) is 24.3 Å². The summed E-state index contributed by atoms with van der Waals surface area (Å²) in [5.41, 5.74) is 1.40. The highest BCUT2D eigenvalue weighted by molar-refractivity contribution is 7.14. The van der Waals surface area contributed by atoms with Crippen LogP contribution in [0.3, 0.4) is 0 Å². The zero-order chi connectivity index (χ0) is 12.5. The molecule has 0 saturated heterocycles. The van der Waals surface area contributed by atoms with Crippen LogP contribution in [0, 0.1) is 0 Å². The third-order valence-corrected chi connectivity index (χ3v) is 4.79. The molecule has 0 atom stereocenters. The SMILES string of the molecule is Cn1ccnc1CC(=O)c1cc2c(s1)CCCC2. The van der Waals surface area contributed by atoms with E-state index in [4.69, 9.17) is 0 Å². The Bertz CT molecular complexity index is 559. The van der Waals surface area contributed by atoms with Crippen LogP contribution in [-0.4, -0.2) is 15.3 Å². The molecule has 0 saturated carbocycles. The fourth-order valence-electron chi connectivity index (χ4n) is 2.43. The van der Waals surface area contributed by atoms with Gasteiger partial charge in [-0.3, -0.25) is 4.79 Å². The van der Waals surface area contributed by atoms with E-state index < -0.39 is 0 Å². The summed E-state index contributed by atoms with van der Waals surface area (Å²) in [7, 11) is 1.93. The number of fused-ring (bicyclic) bond motifs is 1. The maximum absolute atomic E-state index is 12.2. The number of nitrogens with zero attached hydrogens (tertiary/aromatic N) is 2. The van der Waals surface area contributed by atoms with Gasteiger partial charge in [-0.2, -0.15) is 0 Å². The van der Waals surface area contributed by atoms with Crippen LogP contribution in [0.5, 0.6) is 0 Å². The van der Waals surface area contributed by atoms with Crippen molar-refractivity contribution in [2.45, 2.75) is 32.1 Å². The average molecular weight is 260 g/mol. The Morgan fingerprint density at radius 3 is 3.00 bits per heavy atom. The molecule has 0 bridgehead atoms. The standard InChI is InChI=1S/C14H16N2OS/c1-16-7-6-15-14(16)9-11(17)13-8-10-4-2-3-5-12(10)18-13/h6-8H,2-5,9H2,1H3. The van der Waals surface area contributed by atoms with Crippen LogP contribution in [0.1, 0.15) is 38.8 Å². The first kappa shape index (κ1) is 11.7. The van der Waals surface area contributed by atoms with Crippen LogP contribution in [0.2, 0.25) is 0 Å². The number of aryl methyl sites for hydroxylation is 3. The molecule has 0 aromatic carbocycles. The molecular weight excluding hydrogens is 244 g/mol. The van der Waals surface area contributed by atoms with E-state index in [1.807, 2.05) is 17.8 Å². The maximum atomic E-state index is 12.2. The largest absolute Gasteiger partial charge is 0.338 e. The molecule has 2 aromatic rings. The molecule has 94 valence electrons. The highest BCUT2D eigenvalue weighted by atomic mass is 32.1. The summed E-state index contributed by atoms with van der Waals surface area (Å²) < 4.78 is 1.91. The Kier molecular flexibility index (Phi) is 3.04. The van der Waals surface area contributed by atoms with E-state index in [2.05, 4.69) is 11.1 Å². The zero-order valence-electron chi connectivity index (χ0n) is 10.5. The van der Waals surface area contributed by atoms with Gasteiger partial charge in [-0.05, 0) is 37.3 Å². The van der Waals surface area contributed by atoms with Crippen LogP contribution in [0.15, 0.2) is 18.5 Å². The fraction of sp³-hybridized carbons (Fsp3) is 0.429. The molecule has 0 unspecified atom stereocenters. The molecule has 2 heterocycles. The van der Waals surface area contributed by atoms with Crippen molar-refractivity contribution in [2.75, 3.05) is 0 Å². The van der Waals surface area contributed by atoms with Gasteiger partial charge >= 0.3 is 0 Å². The van der Waals surface area contributed by atoms with Crippen LogP contribution in [-0.2, 0) is 26.3 Å². The quantitative estimate of drug-likeness (QED) is 0.795. The topological polar surface area (TPSA) is 34.9 Å². The van der Waals surface area contributed by atoms with Gasteiger partial charge in [0.15, 0.2) is 5.78 Å². The second-order valence-corrected chi connectivity index (χ2v) is 5.96. The second-order valence-electron chi connectivity index (χ2n) is 4.82. The van der Waals surface area contributed by atoms with Gasteiger partial charge in [0.25, 0.3) is 0 Å². The Morgan fingerprint density at radius 2 is 2.28 bits per heavy atom. The van der Waals surface area contributed by atoms with E-state index in [1.54, 1.807) is 17.5 Å². The van der Waals surface area contributed by atoms with Crippen molar-refractivity contribution in [3.8, 4) is 0 Å². The lowest BCUT2D eigenvalue weighted by Gasteiger charge is -2.08. The normalized spacial score (nSPS) is 14.5. The van der Waals surface area contributed by atoms with Crippen molar-refractivity contribution >= 4 is 17.1 Å². The minimum Gasteiger partial charge on any atom is -0.338 e. The number of aromatic nitrogens is 2. The van der Waals surface area contributed by atoms with Gasteiger partial charge in [-0.25, -0.2) is 4.98 Å². The van der Waals surface area contributed by atoms with Crippen molar-refractivity contribution in [2.24, 2.45) is 7.05 Å². The molecule has 0 N–H and O–H groups in total. The van der Waals surface area contributed by atoms with E-state index >= 15 is 0 Å². The van der Waals surface area contributed by atoms with Gasteiger partial charge in [0.05, 0.1) is 11.3 Å². The number of ketones is 1. The summed E-state index contributed by atoms with van der Waals surface area (Å²) in [5.74, 6) is 1.04. The van der Waals surface area contributed by atoms with Gasteiger partial charge in [0.1, 0.15) is 5.82 Å². The van der Waals surface area contributed by atoms with Crippen LogP contribution < -0.4 is 0 Å². The fourth-order valence-corrected chi connectivity index (χ4v) is 3.62. The summed E-state index contributed by atoms with van der Waals surface area (Å²) in [5, 5.41) is 0. The second kappa shape index (κ2) is 4.69. The van der Waals surface area contributed by atoms with Gasteiger partial charge < -0.3 is 4.57 Å². The number of hydrogen-bond acceptors (Lipinski definition) is 3. The van der Waals surface area contributed by atoms with Crippen LogP contribution in [0.25, 0.3) is 0 Å². The van der Waals surface area contributed by atoms with Gasteiger partial charge in [-0.1, -0.05) is 0 Å². The van der Waals surface area contributed by atoms with Gasteiger partial charge in [0.2, 0.25) is 0 Å². The minimum atomic E-state index is 0.198. The molecule has 0 amide bonds. The lowest BCUT2D eigenvalue weighted by atomic mass is 9.99. The van der Waals surface area contributed by atoms with Crippen molar-refractivity contribution in [1.82, 2.24) is 9.55 Å².